The van der Waals surface area contributed by atoms with Crippen molar-refractivity contribution in [1.29, 1.82) is 0 Å². The Morgan fingerprint density at radius 1 is 1.00 bits per heavy atom. The zero-order valence-corrected chi connectivity index (χ0v) is 26.7. The number of hydrogen-bond acceptors (Lipinski definition) is 4. The molecule has 1 aliphatic rings. The predicted molar refractivity (Wildman–Crippen MR) is 151 cm³/mol. The fraction of sp³-hybridized carbons (Fsp3) is 0.536. The number of likely N-dealkylation sites (tertiary alicyclic amines) is 1. The molecule has 2 aromatic rings. The van der Waals surface area contributed by atoms with Crippen LogP contribution in [0.25, 0.3) is 0 Å². The van der Waals surface area contributed by atoms with Crippen molar-refractivity contribution in [3.8, 4) is 17.2 Å². The lowest BCUT2D eigenvalue weighted by molar-refractivity contribution is -0.916. The lowest BCUT2D eigenvalue weighted by Crippen LogP contribution is -3.00. The number of quaternary nitrogens is 1. The van der Waals surface area contributed by atoms with Gasteiger partial charge in [-0.05, 0) is 48.8 Å². The lowest BCUT2D eigenvalue weighted by Gasteiger charge is -2.43. The number of urea groups is 1. The van der Waals surface area contributed by atoms with E-state index >= 15 is 0 Å². The minimum absolute atomic E-state index is 0. The summed E-state index contributed by atoms with van der Waals surface area (Å²) in [6, 6.07) is 9.15. The Labute approximate surface area is 254 Å². The quantitative estimate of drug-likeness (QED) is 0.299. The molecule has 0 aromatic heterocycles. The van der Waals surface area contributed by atoms with Crippen molar-refractivity contribution >= 4 is 34.9 Å². The maximum Gasteiger partial charge on any atom is 0.319 e. The van der Waals surface area contributed by atoms with E-state index in [0.29, 0.717) is 38.9 Å². The van der Waals surface area contributed by atoms with E-state index in [-0.39, 0.29) is 42.0 Å². The predicted octanol–water partition coefficient (Wildman–Crippen LogP) is 3.27. The van der Waals surface area contributed by atoms with Crippen molar-refractivity contribution in [3.63, 3.8) is 0 Å². The van der Waals surface area contributed by atoms with Crippen LogP contribution in [0.15, 0.2) is 30.3 Å². The Bertz CT molecular complexity index is 1050. The number of amides is 2. The molecule has 2 aromatic carbocycles. The normalized spacial score (nSPS) is 19.8. The zero-order valence-electron chi connectivity index (χ0n) is 23.1. The van der Waals surface area contributed by atoms with E-state index in [2.05, 4.69) is 37.6 Å². The summed E-state index contributed by atoms with van der Waals surface area (Å²) in [4.78, 5) is 13.0. The van der Waals surface area contributed by atoms with Gasteiger partial charge in [0.1, 0.15) is 0 Å². The molecule has 0 bridgehead atoms. The largest absolute Gasteiger partial charge is 1.00 e. The molecule has 212 valence electrons. The Balaban J connectivity index is 0.00000507. The molecule has 0 aliphatic carbocycles. The molecule has 10 heteroatoms. The van der Waals surface area contributed by atoms with Gasteiger partial charge in [0, 0.05) is 12.1 Å². The molecule has 0 saturated carbocycles. The van der Waals surface area contributed by atoms with Crippen LogP contribution >= 0.6 is 23.2 Å². The Hall–Kier alpha value is -1.62. The molecule has 1 heterocycles. The van der Waals surface area contributed by atoms with Gasteiger partial charge in [0.2, 0.25) is 5.75 Å². The van der Waals surface area contributed by atoms with Crippen molar-refractivity contribution in [3.05, 3.63) is 45.9 Å². The standard InChI is InChI=1S/C28H39Cl2N3O4.HI/c1-18(2)24(32-28(34)31-21-15-25(35-4)27(37-6)26(16-21)36-5)17-33(3)11-9-19(10-12-33)13-20-7-8-22(29)23(30)14-20;/h7-8,14-16,18-19,24H,9-13,17H2,1-6H3,(H-,31,32,34);1H. The van der Waals surface area contributed by atoms with Crippen LogP contribution < -0.4 is 48.8 Å². The second-order valence-corrected chi connectivity index (χ2v) is 11.3. The molecule has 3 rings (SSSR count). The minimum atomic E-state index is -0.255. The number of methoxy groups -OCH3 is 3. The molecular formula is C28H40Cl2IN3O4. The van der Waals surface area contributed by atoms with Gasteiger partial charge in [-0.1, -0.05) is 43.1 Å². The van der Waals surface area contributed by atoms with E-state index in [4.69, 9.17) is 37.4 Å². The average Bonchev–Trinajstić information content (AvgIpc) is 2.86. The van der Waals surface area contributed by atoms with Crippen LogP contribution in [0.3, 0.4) is 0 Å². The number of anilines is 1. The summed E-state index contributed by atoms with van der Waals surface area (Å²) < 4.78 is 17.1. The summed E-state index contributed by atoms with van der Waals surface area (Å²) in [7, 11) is 6.94. The van der Waals surface area contributed by atoms with Crippen LogP contribution in [0.1, 0.15) is 32.3 Å². The number of halogens is 3. The number of nitrogens with one attached hydrogen (secondary N) is 2. The van der Waals surface area contributed by atoms with E-state index in [1.807, 2.05) is 12.1 Å². The molecule has 0 radical (unpaired) electrons. The van der Waals surface area contributed by atoms with Gasteiger partial charge in [0.05, 0.1) is 69.8 Å². The average molecular weight is 680 g/mol. The highest BCUT2D eigenvalue weighted by Gasteiger charge is 2.34. The van der Waals surface area contributed by atoms with Gasteiger partial charge in [0.15, 0.2) is 11.5 Å². The highest BCUT2D eigenvalue weighted by atomic mass is 127. The number of benzene rings is 2. The van der Waals surface area contributed by atoms with E-state index in [0.717, 1.165) is 43.4 Å². The molecule has 7 nitrogen and oxygen atoms in total. The number of ether oxygens (including phenoxy) is 3. The Morgan fingerprint density at radius 2 is 1.61 bits per heavy atom. The highest BCUT2D eigenvalue weighted by molar-refractivity contribution is 6.42. The summed E-state index contributed by atoms with van der Waals surface area (Å²) in [5.74, 6) is 2.36. The zero-order chi connectivity index (χ0) is 27.2. The minimum Gasteiger partial charge on any atom is -1.00 e. The van der Waals surface area contributed by atoms with Crippen molar-refractivity contribution in [1.82, 2.24) is 5.32 Å². The molecule has 38 heavy (non-hydrogen) atoms. The van der Waals surface area contributed by atoms with Gasteiger partial charge in [-0.2, -0.15) is 0 Å². The first-order valence-corrected chi connectivity index (χ1v) is 13.5. The summed E-state index contributed by atoms with van der Waals surface area (Å²) in [6.07, 6.45) is 3.29. The van der Waals surface area contributed by atoms with Crippen LogP contribution in [0.5, 0.6) is 17.2 Å². The third kappa shape index (κ3) is 8.69. The second-order valence-electron chi connectivity index (χ2n) is 10.5. The van der Waals surface area contributed by atoms with E-state index in [1.54, 1.807) is 33.5 Å². The van der Waals surface area contributed by atoms with Crippen molar-refractivity contribution in [2.45, 2.75) is 39.2 Å². The van der Waals surface area contributed by atoms with Gasteiger partial charge in [0.25, 0.3) is 0 Å². The van der Waals surface area contributed by atoms with E-state index in [9.17, 15) is 4.79 Å². The smallest absolute Gasteiger partial charge is 0.319 e. The monoisotopic (exact) mass is 679 g/mol. The van der Waals surface area contributed by atoms with Crippen LogP contribution in [0.4, 0.5) is 10.5 Å². The molecule has 1 unspecified atom stereocenters. The topological polar surface area (TPSA) is 68.8 Å². The molecule has 1 fully saturated rings. The highest BCUT2D eigenvalue weighted by Crippen LogP contribution is 2.40. The van der Waals surface area contributed by atoms with Crippen LogP contribution in [0, 0.1) is 11.8 Å². The van der Waals surface area contributed by atoms with Gasteiger partial charge in [-0.15, -0.1) is 0 Å². The Morgan fingerprint density at radius 3 is 2.11 bits per heavy atom. The molecule has 0 spiro atoms. The van der Waals surface area contributed by atoms with Gasteiger partial charge in [-0.25, -0.2) is 4.79 Å². The number of rotatable bonds is 10. The second kappa shape index (κ2) is 14.7. The number of piperidine rings is 1. The molecular weight excluding hydrogens is 640 g/mol. The fourth-order valence-electron chi connectivity index (χ4n) is 5.02. The maximum atomic E-state index is 13.0. The first kappa shape index (κ1) is 32.6. The third-order valence-corrected chi connectivity index (χ3v) is 8.08. The van der Waals surface area contributed by atoms with Crippen molar-refractivity contribution < 1.29 is 47.5 Å². The SMILES string of the molecule is COc1cc(NC(=O)NC(C[N+]2(C)CCC(Cc3ccc(Cl)c(Cl)c3)CC2)C(C)C)cc(OC)c1OC.[I-]. The molecule has 2 amide bonds. The van der Waals surface area contributed by atoms with Gasteiger partial charge < -0.3 is 53.3 Å². The van der Waals surface area contributed by atoms with Gasteiger partial charge in [-0.3, -0.25) is 0 Å². The molecule has 1 atom stereocenters. The first-order valence-electron chi connectivity index (χ1n) is 12.7. The van der Waals surface area contributed by atoms with Crippen LogP contribution in [-0.4, -0.2) is 64.6 Å². The summed E-state index contributed by atoms with van der Waals surface area (Å²) in [5.41, 5.74) is 1.80. The maximum absolute atomic E-state index is 13.0. The summed E-state index contributed by atoms with van der Waals surface area (Å²) in [6.45, 7) is 7.32. The van der Waals surface area contributed by atoms with Crippen LogP contribution in [-0.2, 0) is 6.42 Å². The molecule has 1 saturated heterocycles. The summed E-state index contributed by atoms with van der Waals surface area (Å²) >= 11 is 12.3. The fourth-order valence-corrected chi connectivity index (χ4v) is 5.34. The Kier molecular flexibility index (Phi) is 12.6. The van der Waals surface area contributed by atoms with E-state index in [1.165, 1.54) is 5.56 Å². The molecule has 1 aliphatic heterocycles. The molecule has 2 N–H and O–H groups in total. The van der Waals surface area contributed by atoms with Gasteiger partial charge >= 0.3 is 6.03 Å². The van der Waals surface area contributed by atoms with E-state index < -0.39 is 0 Å². The number of carbonyl (C=O) groups is 1. The lowest BCUT2D eigenvalue weighted by atomic mass is 9.88. The first-order chi connectivity index (χ1) is 17.6. The summed E-state index contributed by atoms with van der Waals surface area (Å²) in [5, 5.41) is 7.34. The number of hydrogen-bond donors (Lipinski definition) is 2. The number of carbonyl (C=O) groups excluding carboxylic acids is 1. The van der Waals surface area contributed by atoms with Crippen molar-refractivity contribution in [2.75, 3.05) is 53.3 Å². The number of likely N-dealkylation sites (N-methyl/N-ethyl adjacent to an activating group) is 1. The third-order valence-electron chi connectivity index (χ3n) is 7.34. The van der Waals surface area contributed by atoms with Crippen LogP contribution in [0.2, 0.25) is 10.0 Å². The number of nitrogens with zero attached hydrogens (tertiary/aromatic N) is 1. The van der Waals surface area contributed by atoms with Crippen molar-refractivity contribution in [2.24, 2.45) is 11.8 Å².